The van der Waals surface area contributed by atoms with E-state index >= 15 is 0 Å². The van der Waals surface area contributed by atoms with Crippen LogP contribution in [0.4, 0.5) is 13.6 Å². The van der Waals surface area contributed by atoms with Crippen LogP contribution in [0.25, 0.3) is 11.5 Å². The molecule has 0 radical (unpaired) electrons. The van der Waals surface area contributed by atoms with Gasteiger partial charge in [-0.2, -0.15) is 8.78 Å². The highest BCUT2D eigenvalue weighted by atomic mass is 19.3. The first kappa shape index (κ1) is 33.0. The van der Waals surface area contributed by atoms with Crippen molar-refractivity contribution in [1.29, 1.82) is 0 Å². The Balaban J connectivity index is 1.64. The molecule has 13 heteroatoms. The number of carboxylic acids is 1. The standard InChI is InChI=1S/C31H41F2N3O8/c1-18(35-29(40)44-30(2,3)4)25-24(26(39)34-17-31(15-23(37)38)12-6-5-7-13-31)36-27(43-25)20-10-11-21(42-28(32)33)22(14-20)41-16-19-8-9-19/h10-11,14,18-19,28H,5-9,12-13,15-17H2,1-4H3,(H,34,39)(H,35,40)(H,37,38). The summed E-state index contributed by atoms with van der Waals surface area (Å²) in [6.07, 6.45) is 5.26. The molecule has 1 heterocycles. The van der Waals surface area contributed by atoms with Crippen LogP contribution in [0.1, 0.15) is 101 Å². The first-order valence-electron chi connectivity index (χ1n) is 15.0. The summed E-state index contributed by atoms with van der Waals surface area (Å²) in [7, 11) is 0. The fourth-order valence-electron chi connectivity index (χ4n) is 5.29. The molecule has 1 unspecified atom stereocenters. The van der Waals surface area contributed by atoms with Gasteiger partial charge in [-0.3, -0.25) is 9.59 Å². The maximum absolute atomic E-state index is 13.6. The summed E-state index contributed by atoms with van der Waals surface area (Å²) in [4.78, 5) is 42.2. The van der Waals surface area contributed by atoms with Crippen LogP contribution in [-0.4, -0.2) is 53.4 Å². The largest absolute Gasteiger partial charge is 0.489 e. The topological polar surface area (TPSA) is 149 Å². The average molecular weight is 622 g/mol. The van der Waals surface area contributed by atoms with Gasteiger partial charge >= 0.3 is 18.7 Å². The van der Waals surface area contributed by atoms with Crippen LogP contribution in [0.2, 0.25) is 0 Å². The number of hydrogen-bond donors (Lipinski definition) is 3. The molecule has 2 aromatic rings. The van der Waals surface area contributed by atoms with Gasteiger partial charge in [-0.25, -0.2) is 9.78 Å². The summed E-state index contributed by atoms with van der Waals surface area (Å²) >= 11 is 0. The minimum absolute atomic E-state index is 0.0132. The number of benzene rings is 1. The van der Waals surface area contributed by atoms with E-state index in [1.165, 1.54) is 18.2 Å². The fraction of sp³-hybridized carbons (Fsp3) is 0.613. The Hall–Kier alpha value is -3.90. The van der Waals surface area contributed by atoms with Gasteiger partial charge in [-0.1, -0.05) is 19.3 Å². The molecule has 1 atom stereocenters. The second-order valence-electron chi connectivity index (χ2n) is 12.7. The molecule has 2 aliphatic carbocycles. The maximum atomic E-state index is 13.6. The van der Waals surface area contributed by atoms with Gasteiger partial charge in [0.1, 0.15) is 5.60 Å². The highest BCUT2D eigenvalue weighted by molar-refractivity contribution is 5.94. The van der Waals surface area contributed by atoms with Crippen LogP contribution in [-0.2, 0) is 9.53 Å². The first-order valence-corrected chi connectivity index (χ1v) is 15.0. The molecule has 3 N–H and O–H groups in total. The van der Waals surface area contributed by atoms with Gasteiger partial charge in [0, 0.05) is 12.1 Å². The van der Waals surface area contributed by atoms with Crippen molar-refractivity contribution in [2.75, 3.05) is 13.2 Å². The van der Waals surface area contributed by atoms with Gasteiger partial charge in [0.25, 0.3) is 5.91 Å². The van der Waals surface area contributed by atoms with E-state index in [-0.39, 0.29) is 41.8 Å². The van der Waals surface area contributed by atoms with Gasteiger partial charge in [0.05, 0.1) is 19.1 Å². The Kier molecular flexibility index (Phi) is 10.4. The van der Waals surface area contributed by atoms with Crippen molar-refractivity contribution in [3.05, 3.63) is 29.7 Å². The third-order valence-corrected chi connectivity index (χ3v) is 7.64. The van der Waals surface area contributed by atoms with Gasteiger partial charge in [-0.05, 0) is 82.9 Å². The van der Waals surface area contributed by atoms with Crippen LogP contribution in [0.15, 0.2) is 22.6 Å². The number of aromatic nitrogens is 1. The van der Waals surface area contributed by atoms with Gasteiger partial charge in [-0.15, -0.1) is 0 Å². The second-order valence-corrected chi connectivity index (χ2v) is 12.7. The Bertz CT molecular complexity index is 1330. The van der Waals surface area contributed by atoms with Crippen LogP contribution in [0.5, 0.6) is 11.5 Å². The summed E-state index contributed by atoms with van der Waals surface area (Å²) in [6.45, 7) is 4.15. The predicted octanol–water partition coefficient (Wildman–Crippen LogP) is 6.47. The Labute approximate surface area is 255 Å². The van der Waals surface area contributed by atoms with Crippen LogP contribution in [0.3, 0.4) is 0 Å². The predicted molar refractivity (Wildman–Crippen MR) is 155 cm³/mol. The molecular weight excluding hydrogens is 580 g/mol. The van der Waals surface area contributed by atoms with E-state index in [0.29, 0.717) is 30.9 Å². The van der Waals surface area contributed by atoms with E-state index in [0.717, 1.165) is 32.1 Å². The summed E-state index contributed by atoms with van der Waals surface area (Å²) in [6, 6.07) is 3.36. The van der Waals surface area contributed by atoms with E-state index in [2.05, 4.69) is 20.4 Å². The van der Waals surface area contributed by atoms with E-state index in [4.69, 9.17) is 13.9 Å². The van der Waals surface area contributed by atoms with Crippen molar-refractivity contribution >= 4 is 18.0 Å². The van der Waals surface area contributed by atoms with Gasteiger partial charge in [0.15, 0.2) is 23.0 Å². The highest BCUT2D eigenvalue weighted by Crippen LogP contribution is 2.40. The lowest BCUT2D eigenvalue weighted by Crippen LogP contribution is -2.41. The number of carboxylic acid groups (broad SMARTS) is 1. The number of alkyl halides is 2. The van der Waals surface area contributed by atoms with Crippen LogP contribution < -0.4 is 20.1 Å². The number of carbonyl (C=O) groups is 3. The molecule has 2 aliphatic rings. The number of oxazole rings is 1. The van der Waals surface area contributed by atoms with Crippen LogP contribution in [0, 0.1) is 11.3 Å². The Morgan fingerprint density at radius 3 is 2.45 bits per heavy atom. The smallest absolute Gasteiger partial charge is 0.408 e. The van der Waals surface area contributed by atoms with Crippen molar-refractivity contribution in [3.8, 4) is 23.0 Å². The SMILES string of the molecule is CC(NC(=O)OC(C)(C)C)c1oc(-c2ccc(OC(F)F)c(OCC3CC3)c2)nc1C(=O)NCC1(CC(=O)O)CCCCC1. The zero-order chi connectivity index (χ0) is 32.1. The summed E-state index contributed by atoms with van der Waals surface area (Å²) in [5.41, 5.74) is -1.13. The summed E-state index contributed by atoms with van der Waals surface area (Å²) < 4.78 is 47.9. The van der Waals surface area contributed by atoms with Gasteiger partial charge in [0.2, 0.25) is 5.89 Å². The van der Waals surface area contributed by atoms with Gasteiger partial charge < -0.3 is 34.4 Å². The molecule has 2 fully saturated rings. The molecule has 1 aromatic heterocycles. The van der Waals surface area contributed by atoms with Crippen molar-refractivity contribution in [2.24, 2.45) is 11.3 Å². The lowest BCUT2D eigenvalue weighted by atomic mass is 9.71. The Morgan fingerprint density at radius 1 is 1.14 bits per heavy atom. The normalized spacial score (nSPS) is 17.1. The van der Waals surface area contributed by atoms with E-state index in [1.54, 1.807) is 27.7 Å². The van der Waals surface area contributed by atoms with E-state index in [1.807, 2.05) is 0 Å². The number of hydrogen-bond acceptors (Lipinski definition) is 8. The average Bonchev–Trinajstić information content (AvgIpc) is 3.65. The number of halogens is 2. The molecule has 242 valence electrons. The molecular formula is C31H41F2N3O8. The third-order valence-electron chi connectivity index (χ3n) is 7.64. The monoisotopic (exact) mass is 621 g/mol. The molecule has 44 heavy (non-hydrogen) atoms. The molecule has 2 saturated carbocycles. The molecule has 0 spiro atoms. The number of ether oxygens (including phenoxy) is 3. The minimum atomic E-state index is -3.05. The number of carbonyl (C=O) groups excluding carboxylic acids is 2. The molecule has 4 rings (SSSR count). The number of rotatable bonds is 13. The molecule has 1 aromatic carbocycles. The highest BCUT2D eigenvalue weighted by Gasteiger charge is 2.36. The zero-order valence-electron chi connectivity index (χ0n) is 25.5. The van der Waals surface area contributed by atoms with Crippen molar-refractivity contribution in [2.45, 2.75) is 97.3 Å². The molecule has 0 aliphatic heterocycles. The molecule has 2 amide bonds. The number of amides is 2. The Morgan fingerprint density at radius 2 is 1.84 bits per heavy atom. The quantitative estimate of drug-likeness (QED) is 0.229. The maximum Gasteiger partial charge on any atom is 0.408 e. The van der Waals surface area contributed by atoms with Crippen molar-refractivity contribution < 1.29 is 46.9 Å². The second kappa shape index (κ2) is 13.8. The summed E-state index contributed by atoms with van der Waals surface area (Å²) in [5.74, 6) is -1.24. The lowest BCUT2D eigenvalue weighted by molar-refractivity contribution is -0.140. The molecule has 0 bridgehead atoms. The number of aliphatic carboxylic acids is 1. The first-order chi connectivity index (χ1) is 20.7. The molecule has 11 nitrogen and oxygen atoms in total. The molecule has 0 saturated heterocycles. The summed E-state index contributed by atoms with van der Waals surface area (Å²) in [5, 5.41) is 15.0. The number of nitrogens with zero attached hydrogens (tertiary/aromatic N) is 1. The number of nitrogens with one attached hydrogen (secondary N) is 2. The van der Waals surface area contributed by atoms with Crippen molar-refractivity contribution in [3.63, 3.8) is 0 Å². The number of alkyl carbamates (subject to hydrolysis) is 1. The third kappa shape index (κ3) is 9.30. The van der Waals surface area contributed by atoms with Crippen molar-refractivity contribution in [1.82, 2.24) is 15.6 Å². The lowest BCUT2D eigenvalue weighted by Gasteiger charge is -2.36. The zero-order valence-corrected chi connectivity index (χ0v) is 25.5. The fourth-order valence-corrected chi connectivity index (χ4v) is 5.29. The van der Waals surface area contributed by atoms with E-state index < -0.39 is 41.6 Å². The van der Waals surface area contributed by atoms with Crippen LogP contribution >= 0.6 is 0 Å². The minimum Gasteiger partial charge on any atom is -0.489 e. The van der Waals surface area contributed by atoms with E-state index in [9.17, 15) is 28.3 Å².